The van der Waals surface area contributed by atoms with E-state index in [-0.39, 0.29) is 5.56 Å². The Hall–Kier alpha value is -2.86. The summed E-state index contributed by atoms with van der Waals surface area (Å²) in [5.41, 5.74) is 3.74. The first kappa shape index (κ1) is 19.5. The van der Waals surface area contributed by atoms with Gasteiger partial charge < -0.3 is 4.42 Å². The maximum Gasteiger partial charge on any atom is 0.262 e. The molecule has 2 aromatic carbocycles. The quantitative estimate of drug-likeness (QED) is 0.319. The first-order valence-electron chi connectivity index (χ1n) is 9.73. The van der Waals surface area contributed by atoms with Crippen LogP contribution in [-0.2, 0) is 12.3 Å². The number of thioether (sulfide) groups is 1. The molecule has 0 saturated carbocycles. The van der Waals surface area contributed by atoms with Crippen molar-refractivity contribution in [2.24, 2.45) is 0 Å². The van der Waals surface area contributed by atoms with Crippen molar-refractivity contribution in [3.63, 3.8) is 0 Å². The zero-order valence-corrected chi connectivity index (χ0v) is 17.6. The second kappa shape index (κ2) is 8.25. The Labute approximate surface area is 173 Å². The Kier molecular flexibility index (Phi) is 5.53. The molecule has 2 heterocycles. The number of aryl methyl sites for hydroxylation is 2. The average Bonchev–Trinajstić information content (AvgIpc) is 3.09. The van der Waals surface area contributed by atoms with Gasteiger partial charge in [0.05, 0.1) is 16.6 Å². The zero-order chi connectivity index (χ0) is 20.4. The number of rotatable bonds is 6. The molecule has 4 aromatic rings. The lowest BCUT2D eigenvalue weighted by Crippen LogP contribution is -2.23. The summed E-state index contributed by atoms with van der Waals surface area (Å²) in [5, 5.41) is 1.38. The topological polar surface area (TPSA) is 60.9 Å². The van der Waals surface area contributed by atoms with Crippen molar-refractivity contribution >= 4 is 22.7 Å². The summed E-state index contributed by atoms with van der Waals surface area (Å²) >= 11 is 1.53. The molecule has 148 valence electrons. The fourth-order valence-corrected chi connectivity index (χ4v) is 4.33. The van der Waals surface area contributed by atoms with E-state index in [0.717, 1.165) is 39.7 Å². The molecule has 29 heavy (non-hydrogen) atoms. The normalized spacial score (nSPS) is 11.3. The van der Waals surface area contributed by atoms with Crippen molar-refractivity contribution in [2.75, 3.05) is 0 Å². The Bertz CT molecular complexity index is 1230. The smallest absolute Gasteiger partial charge is 0.262 e. The van der Waals surface area contributed by atoms with Gasteiger partial charge in [-0.25, -0.2) is 9.97 Å². The van der Waals surface area contributed by atoms with E-state index in [0.29, 0.717) is 23.6 Å². The molecule has 0 radical (unpaired) electrons. The van der Waals surface area contributed by atoms with Crippen molar-refractivity contribution in [1.82, 2.24) is 14.5 Å². The monoisotopic (exact) mass is 405 g/mol. The first-order valence-corrected chi connectivity index (χ1v) is 10.7. The van der Waals surface area contributed by atoms with Crippen LogP contribution < -0.4 is 5.56 Å². The van der Waals surface area contributed by atoms with Crippen LogP contribution >= 0.6 is 11.8 Å². The van der Waals surface area contributed by atoms with Gasteiger partial charge in [-0.05, 0) is 44.0 Å². The molecule has 5 nitrogen and oxygen atoms in total. The summed E-state index contributed by atoms with van der Waals surface area (Å²) in [7, 11) is 0. The molecule has 4 rings (SSSR count). The highest BCUT2D eigenvalue weighted by molar-refractivity contribution is 7.98. The van der Waals surface area contributed by atoms with E-state index in [1.165, 1.54) is 11.8 Å². The molecule has 0 aliphatic rings. The molecule has 0 saturated heterocycles. The maximum absolute atomic E-state index is 12.9. The maximum atomic E-state index is 12.9. The van der Waals surface area contributed by atoms with Gasteiger partial charge in [0.25, 0.3) is 5.56 Å². The summed E-state index contributed by atoms with van der Waals surface area (Å²) < 4.78 is 7.70. The number of nitrogens with zero attached hydrogens (tertiary/aromatic N) is 3. The SMILES string of the molecule is CCCn1c(SCc2nc(-c3ccccc3C)oc2C)nc2ccccc2c1=O. The first-order chi connectivity index (χ1) is 14.1. The third-order valence-electron chi connectivity index (χ3n) is 4.88. The molecular formula is C23H23N3O2S. The third kappa shape index (κ3) is 3.85. The molecule has 0 fully saturated rings. The van der Waals surface area contributed by atoms with E-state index in [9.17, 15) is 4.79 Å². The highest BCUT2D eigenvalue weighted by Gasteiger charge is 2.16. The summed E-state index contributed by atoms with van der Waals surface area (Å²) in [6.45, 7) is 6.68. The van der Waals surface area contributed by atoms with Crippen LogP contribution in [0.1, 0.15) is 30.4 Å². The zero-order valence-electron chi connectivity index (χ0n) is 16.8. The number of para-hydroxylation sites is 1. The third-order valence-corrected chi connectivity index (χ3v) is 5.87. The molecule has 0 aliphatic carbocycles. The van der Waals surface area contributed by atoms with Crippen molar-refractivity contribution in [2.45, 2.75) is 44.6 Å². The van der Waals surface area contributed by atoms with E-state index in [2.05, 4.69) is 6.92 Å². The molecule has 0 atom stereocenters. The Morgan fingerprint density at radius 1 is 1.03 bits per heavy atom. The minimum absolute atomic E-state index is 0.0115. The van der Waals surface area contributed by atoms with Crippen LogP contribution in [0.15, 0.2) is 62.9 Å². The Morgan fingerprint density at radius 2 is 1.79 bits per heavy atom. The van der Waals surface area contributed by atoms with Gasteiger partial charge in [-0.3, -0.25) is 9.36 Å². The van der Waals surface area contributed by atoms with E-state index in [1.54, 1.807) is 4.57 Å². The minimum atomic E-state index is 0.0115. The second-order valence-electron chi connectivity index (χ2n) is 6.99. The molecule has 0 unspecified atom stereocenters. The van der Waals surface area contributed by atoms with Crippen LogP contribution in [0.2, 0.25) is 0 Å². The molecule has 2 aromatic heterocycles. The summed E-state index contributed by atoms with van der Waals surface area (Å²) in [4.78, 5) is 22.4. The van der Waals surface area contributed by atoms with E-state index < -0.39 is 0 Å². The van der Waals surface area contributed by atoms with Gasteiger partial charge in [-0.1, -0.05) is 49.0 Å². The van der Waals surface area contributed by atoms with Crippen LogP contribution in [0.4, 0.5) is 0 Å². The number of benzene rings is 2. The van der Waals surface area contributed by atoms with Crippen LogP contribution in [0.3, 0.4) is 0 Å². The van der Waals surface area contributed by atoms with Gasteiger partial charge in [0.2, 0.25) is 5.89 Å². The lowest BCUT2D eigenvalue weighted by atomic mass is 10.1. The minimum Gasteiger partial charge on any atom is -0.441 e. The van der Waals surface area contributed by atoms with Gasteiger partial charge in [-0.15, -0.1) is 0 Å². The number of oxazole rings is 1. The van der Waals surface area contributed by atoms with Crippen molar-refractivity contribution in [1.29, 1.82) is 0 Å². The number of hydrogen-bond donors (Lipinski definition) is 0. The van der Waals surface area contributed by atoms with Crippen molar-refractivity contribution in [3.05, 3.63) is 75.9 Å². The molecule has 0 spiro atoms. The van der Waals surface area contributed by atoms with Crippen LogP contribution in [0, 0.1) is 13.8 Å². The molecular weight excluding hydrogens is 382 g/mol. The Morgan fingerprint density at radius 3 is 2.59 bits per heavy atom. The van der Waals surface area contributed by atoms with Crippen LogP contribution in [-0.4, -0.2) is 14.5 Å². The largest absolute Gasteiger partial charge is 0.441 e. The highest BCUT2D eigenvalue weighted by atomic mass is 32.2. The van der Waals surface area contributed by atoms with Gasteiger partial charge in [0.15, 0.2) is 5.16 Å². The molecule has 0 bridgehead atoms. The summed E-state index contributed by atoms with van der Waals surface area (Å²) in [5.74, 6) is 2.02. The number of hydrogen-bond acceptors (Lipinski definition) is 5. The molecule has 6 heteroatoms. The Balaban J connectivity index is 1.66. The van der Waals surface area contributed by atoms with Gasteiger partial charge in [-0.2, -0.15) is 0 Å². The predicted molar refractivity (Wildman–Crippen MR) is 117 cm³/mol. The molecule has 0 N–H and O–H groups in total. The van der Waals surface area contributed by atoms with Gasteiger partial charge in [0.1, 0.15) is 5.76 Å². The van der Waals surface area contributed by atoms with Crippen LogP contribution in [0.25, 0.3) is 22.4 Å². The fourth-order valence-electron chi connectivity index (χ4n) is 3.30. The highest BCUT2D eigenvalue weighted by Crippen LogP contribution is 2.28. The number of aromatic nitrogens is 3. The molecule has 0 aliphatic heterocycles. The van der Waals surface area contributed by atoms with Crippen molar-refractivity contribution in [3.8, 4) is 11.5 Å². The second-order valence-corrected chi connectivity index (χ2v) is 7.94. The lowest BCUT2D eigenvalue weighted by molar-refractivity contribution is 0.540. The predicted octanol–water partition coefficient (Wildman–Crippen LogP) is 5.37. The summed E-state index contributed by atoms with van der Waals surface area (Å²) in [6.07, 6.45) is 0.869. The van der Waals surface area contributed by atoms with E-state index in [4.69, 9.17) is 14.4 Å². The molecule has 0 amide bonds. The number of fused-ring (bicyclic) bond motifs is 1. The van der Waals surface area contributed by atoms with E-state index >= 15 is 0 Å². The standard InChI is InChI=1S/C23H23N3O2S/c1-4-13-26-22(27)18-11-7-8-12-19(18)25-23(26)29-14-20-16(3)28-21(24-20)17-10-6-5-9-15(17)2/h5-12H,4,13-14H2,1-3H3. The van der Waals surface area contributed by atoms with E-state index in [1.807, 2.05) is 62.4 Å². The van der Waals surface area contributed by atoms with Gasteiger partial charge in [0, 0.05) is 17.9 Å². The van der Waals surface area contributed by atoms with Crippen LogP contribution in [0.5, 0.6) is 0 Å². The van der Waals surface area contributed by atoms with Crippen molar-refractivity contribution < 1.29 is 4.42 Å². The summed E-state index contributed by atoms with van der Waals surface area (Å²) in [6, 6.07) is 15.6. The lowest BCUT2D eigenvalue weighted by Gasteiger charge is -2.11. The average molecular weight is 406 g/mol. The fraction of sp³-hybridized carbons (Fsp3) is 0.261. The van der Waals surface area contributed by atoms with Gasteiger partial charge >= 0.3 is 0 Å².